The quantitative estimate of drug-likeness (QED) is 0.311. The van der Waals surface area contributed by atoms with Gasteiger partial charge in [-0.1, -0.05) is 48.5 Å². The van der Waals surface area contributed by atoms with E-state index in [0.717, 1.165) is 22.6 Å². The second-order valence-corrected chi connectivity index (χ2v) is 6.80. The SMILES string of the molecule is O=C(N/N=C/c1ccc(N(c2ccccc2)c2ccccc2)cc1)c1ccc(F)cc1. The fourth-order valence-corrected chi connectivity index (χ4v) is 3.14. The maximum atomic E-state index is 13.0. The van der Waals surface area contributed by atoms with Crippen LogP contribution in [-0.4, -0.2) is 12.1 Å². The number of halogens is 1. The molecule has 0 fully saturated rings. The molecule has 1 amide bonds. The van der Waals surface area contributed by atoms with Crippen molar-refractivity contribution in [1.82, 2.24) is 5.43 Å². The van der Waals surface area contributed by atoms with E-state index in [1.54, 1.807) is 6.21 Å². The van der Waals surface area contributed by atoms with Gasteiger partial charge in [0, 0.05) is 22.6 Å². The van der Waals surface area contributed by atoms with Gasteiger partial charge in [-0.05, 0) is 66.2 Å². The molecule has 4 nitrogen and oxygen atoms in total. The Labute approximate surface area is 180 Å². The Morgan fingerprint density at radius 3 is 1.77 bits per heavy atom. The molecule has 0 atom stereocenters. The third-order valence-corrected chi connectivity index (χ3v) is 4.67. The average molecular weight is 409 g/mol. The lowest BCUT2D eigenvalue weighted by atomic mass is 10.1. The molecule has 31 heavy (non-hydrogen) atoms. The summed E-state index contributed by atoms with van der Waals surface area (Å²) < 4.78 is 13.0. The minimum absolute atomic E-state index is 0.343. The van der Waals surface area contributed by atoms with Crippen molar-refractivity contribution in [3.05, 3.63) is 126 Å². The number of carbonyl (C=O) groups excluding carboxylic acids is 1. The lowest BCUT2D eigenvalue weighted by Gasteiger charge is -2.25. The summed E-state index contributed by atoms with van der Waals surface area (Å²) in [5.41, 5.74) is 6.75. The highest BCUT2D eigenvalue weighted by Gasteiger charge is 2.11. The number of hydrogen-bond donors (Lipinski definition) is 1. The largest absolute Gasteiger partial charge is 0.311 e. The summed E-state index contributed by atoms with van der Waals surface area (Å²) in [6.45, 7) is 0. The molecule has 0 unspecified atom stereocenters. The van der Waals surface area contributed by atoms with E-state index in [4.69, 9.17) is 0 Å². The van der Waals surface area contributed by atoms with Gasteiger partial charge in [0.25, 0.3) is 5.91 Å². The Balaban J connectivity index is 1.50. The second-order valence-electron chi connectivity index (χ2n) is 6.80. The van der Waals surface area contributed by atoms with Gasteiger partial charge in [-0.15, -0.1) is 0 Å². The summed E-state index contributed by atoms with van der Waals surface area (Å²) in [6.07, 6.45) is 1.57. The van der Waals surface area contributed by atoms with E-state index in [9.17, 15) is 9.18 Å². The molecule has 0 aliphatic carbocycles. The molecule has 0 heterocycles. The molecule has 0 aliphatic heterocycles. The van der Waals surface area contributed by atoms with Gasteiger partial charge in [0.1, 0.15) is 5.82 Å². The van der Waals surface area contributed by atoms with E-state index in [1.165, 1.54) is 24.3 Å². The van der Waals surface area contributed by atoms with Gasteiger partial charge in [0.05, 0.1) is 6.21 Å². The van der Waals surface area contributed by atoms with E-state index >= 15 is 0 Å². The van der Waals surface area contributed by atoms with Crippen LogP contribution in [0.4, 0.5) is 21.5 Å². The molecule has 1 N–H and O–H groups in total. The molecule has 0 aromatic heterocycles. The Bertz CT molecular complexity index is 1120. The number of nitrogens with zero attached hydrogens (tertiary/aromatic N) is 2. The van der Waals surface area contributed by atoms with Gasteiger partial charge in [0.15, 0.2) is 0 Å². The Morgan fingerprint density at radius 2 is 1.23 bits per heavy atom. The smallest absolute Gasteiger partial charge is 0.271 e. The zero-order valence-electron chi connectivity index (χ0n) is 16.7. The lowest BCUT2D eigenvalue weighted by Crippen LogP contribution is -2.17. The molecule has 0 bridgehead atoms. The van der Waals surface area contributed by atoms with E-state index < -0.39 is 5.91 Å². The zero-order chi connectivity index (χ0) is 21.5. The molecule has 4 aromatic rings. The van der Waals surface area contributed by atoms with Crippen molar-refractivity contribution >= 4 is 29.2 Å². The Kier molecular flexibility index (Phi) is 6.14. The monoisotopic (exact) mass is 409 g/mol. The van der Waals surface area contributed by atoms with Crippen LogP contribution in [0.5, 0.6) is 0 Å². The number of carbonyl (C=O) groups is 1. The molecule has 4 aromatic carbocycles. The van der Waals surface area contributed by atoms with Crippen LogP contribution in [0.15, 0.2) is 114 Å². The van der Waals surface area contributed by atoms with Crippen LogP contribution in [0, 0.1) is 5.82 Å². The zero-order valence-corrected chi connectivity index (χ0v) is 16.7. The van der Waals surface area contributed by atoms with Crippen LogP contribution < -0.4 is 10.3 Å². The number of rotatable bonds is 6. The van der Waals surface area contributed by atoms with Crippen LogP contribution in [0.2, 0.25) is 0 Å². The highest BCUT2D eigenvalue weighted by atomic mass is 19.1. The highest BCUT2D eigenvalue weighted by molar-refractivity contribution is 5.94. The predicted molar refractivity (Wildman–Crippen MR) is 123 cm³/mol. The van der Waals surface area contributed by atoms with Gasteiger partial charge in [-0.2, -0.15) is 5.10 Å². The number of anilines is 3. The molecule has 0 aliphatic rings. The first kappa shape index (κ1) is 20.0. The van der Waals surface area contributed by atoms with Crippen LogP contribution in [-0.2, 0) is 0 Å². The van der Waals surface area contributed by atoms with Crippen LogP contribution >= 0.6 is 0 Å². The van der Waals surface area contributed by atoms with Gasteiger partial charge in [0.2, 0.25) is 0 Å². The third-order valence-electron chi connectivity index (χ3n) is 4.67. The summed E-state index contributed by atoms with van der Waals surface area (Å²) in [7, 11) is 0. The van der Waals surface area contributed by atoms with Crippen molar-refractivity contribution in [1.29, 1.82) is 0 Å². The third kappa shape index (κ3) is 5.03. The maximum Gasteiger partial charge on any atom is 0.271 e. The molecule has 0 saturated heterocycles. The number of benzene rings is 4. The van der Waals surface area contributed by atoms with Gasteiger partial charge >= 0.3 is 0 Å². The van der Waals surface area contributed by atoms with Crippen molar-refractivity contribution in [2.24, 2.45) is 5.10 Å². The normalized spacial score (nSPS) is 10.7. The van der Waals surface area contributed by atoms with Crippen molar-refractivity contribution in [2.45, 2.75) is 0 Å². The van der Waals surface area contributed by atoms with Gasteiger partial charge in [-0.25, -0.2) is 9.82 Å². The first-order chi connectivity index (χ1) is 15.2. The van der Waals surface area contributed by atoms with Crippen molar-refractivity contribution in [2.75, 3.05) is 4.90 Å². The number of hydrazone groups is 1. The van der Waals surface area contributed by atoms with E-state index in [-0.39, 0.29) is 5.82 Å². The average Bonchev–Trinajstić information content (AvgIpc) is 2.82. The van der Waals surface area contributed by atoms with Gasteiger partial charge in [-0.3, -0.25) is 4.79 Å². The molecule has 0 spiro atoms. The molecule has 0 radical (unpaired) electrons. The van der Waals surface area contributed by atoms with E-state index in [0.29, 0.717) is 5.56 Å². The van der Waals surface area contributed by atoms with Crippen LogP contribution in [0.1, 0.15) is 15.9 Å². The predicted octanol–water partition coefficient (Wildman–Crippen LogP) is 6.06. The second kappa shape index (κ2) is 9.50. The highest BCUT2D eigenvalue weighted by Crippen LogP contribution is 2.33. The summed E-state index contributed by atoms with van der Waals surface area (Å²) in [6, 6.07) is 33.5. The number of amides is 1. The maximum absolute atomic E-state index is 13.0. The summed E-state index contributed by atoms with van der Waals surface area (Å²) in [5, 5.41) is 4.00. The topological polar surface area (TPSA) is 44.7 Å². The minimum Gasteiger partial charge on any atom is -0.311 e. The van der Waals surface area contributed by atoms with Crippen molar-refractivity contribution < 1.29 is 9.18 Å². The Morgan fingerprint density at radius 1 is 0.710 bits per heavy atom. The molecule has 5 heteroatoms. The molecule has 152 valence electrons. The summed E-state index contributed by atoms with van der Waals surface area (Å²) in [5.74, 6) is -0.785. The molecule has 0 saturated carbocycles. The van der Waals surface area contributed by atoms with Crippen molar-refractivity contribution in [3.63, 3.8) is 0 Å². The molecular formula is C26H20FN3O. The lowest BCUT2D eigenvalue weighted by molar-refractivity contribution is 0.0955. The van der Waals surface area contributed by atoms with E-state index in [2.05, 4.69) is 39.7 Å². The number of hydrogen-bond acceptors (Lipinski definition) is 3. The summed E-state index contributed by atoms with van der Waals surface area (Å²) >= 11 is 0. The summed E-state index contributed by atoms with van der Waals surface area (Å²) in [4.78, 5) is 14.2. The van der Waals surface area contributed by atoms with Crippen LogP contribution in [0.3, 0.4) is 0 Å². The molecule has 4 rings (SSSR count). The van der Waals surface area contributed by atoms with Crippen LogP contribution in [0.25, 0.3) is 0 Å². The first-order valence-corrected chi connectivity index (χ1v) is 9.80. The fourth-order valence-electron chi connectivity index (χ4n) is 3.14. The first-order valence-electron chi connectivity index (χ1n) is 9.80. The number of nitrogens with one attached hydrogen (secondary N) is 1. The molecular weight excluding hydrogens is 389 g/mol. The van der Waals surface area contributed by atoms with Gasteiger partial charge < -0.3 is 4.90 Å². The standard InChI is InChI=1S/C26H20FN3O/c27-22-15-13-21(14-16-22)26(31)29-28-19-20-11-17-25(18-12-20)30(23-7-3-1-4-8-23)24-9-5-2-6-10-24/h1-19H,(H,29,31)/b28-19+. The Hall–Kier alpha value is -4.25. The van der Waals surface area contributed by atoms with E-state index in [1.807, 2.05) is 60.7 Å². The number of para-hydroxylation sites is 2. The van der Waals surface area contributed by atoms with Crippen molar-refractivity contribution in [3.8, 4) is 0 Å². The fraction of sp³-hybridized carbons (Fsp3) is 0. The minimum atomic E-state index is -0.396.